The lowest BCUT2D eigenvalue weighted by molar-refractivity contribution is -0.144. The molecule has 80 valence electrons. The molecule has 0 radical (unpaired) electrons. The second-order valence-corrected chi connectivity index (χ2v) is 4.26. The molecule has 0 amide bonds. The lowest BCUT2D eigenvalue weighted by atomic mass is 10.4. The average molecular weight is 220 g/mol. The van der Waals surface area contributed by atoms with E-state index in [2.05, 4.69) is 4.74 Å². The fourth-order valence-electron chi connectivity index (χ4n) is 0.711. The summed E-state index contributed by atoms with van der Waals surface area (Å²) in [5.41, 5.74) is 0. The van der Waals surface area contributed by atoms with Crippen LogP contribution in [-0.2, 0) is 19.6 Å². The van der Waals surface area contributed by atoms with E-state index in [1.54, 1.807) is 6.92 Å². The van der Waals surface area contributed by atoms with Crippen molar-refractivity contribution < 1.29 is 17.9 Å². The summed E-state index contributed by atoms with van der Waals surface area (Å²) in [5, 5.41) is 8.17. The molecule has 0 saturated heterocycles. The summed E-state index contributed by atoms with van der Waals surface area (Å²) in [6.45, 7) is 3.16. The predicted molar refractivity (Wildman–Crippen MR) is 48.6 cm³/mol. The maximum absolute atomic E-state index is 11.0. The SMILES string of the molecule is CCOC(=O)C(C)NS(=O)(=O)CC#N. The summed E-state index contributed by atoms with van der Waals surface area (Å²) >= 11 is 0. The van der Waals surface area contributed by atoms with Gasteiger partial charge in [0.25, 0.3) is 0 Å². The van der Waals surface area contributed by atoms with Crippen molar-refractivity contribution >= 4 is 16.0 Å². The summed E-state index contributed by atoms with van der Waals surface area (Å²) in [7, 11) is -3.71. The molecule has 6 nitrogen and oxygen atoms in total. The van der Waals surface area contributed by atoms with Gasteiger partial charge in [-0.3, -0.25) is 4.79 Å². The standard InChI is InChI=1S/C7H12N2O4S/c1-3-13-7(10)6(2)9-14(11,12)5-4-8/h6,9H,3,5H2,1-2H3. The molecule has 1 unspecified atom stereocenters. The third kappa shape index (κ3) is 4.79. The molecule has 0 fully saturated rings. The number of rotatable bonds is 5. The van der Waals surface area contributed by atoms with Crippen molar-refractivity contribution in [2.45, 2.75) is 19.9 Å². The van der Waals surface area contributed by atoms with Gasteiger partial charge in [-0.05, 0) is 13.8 Å². The molecule has 0 aromatic heterocycles. The largest absolute Gasteiger partial charge is 0.465 e. The Kier molecular flexibility index (Phi) is 5.12. The summed E-state index contributed by atoms with van der Waals surface area (Å²) in [6.07, 6.45) is 0. The van der Waals surface area contributed by atoms with Gasteiger partial charge in [0.1, 0.15) is 6.04 Å². The van der Waals surface area contributed by atoms with Crippen LogP contribution in [0.4, 0.5) is 0 Å². The molecular formula is C7H12N2O4S. The minimum atomic E-state index is -3.71. The van der Waals surface area contributed by atoms with Crippen LogP contribution in [0.15, 0.2) is 0 Å². The summed E-state index contributed by atoms with van der Waals surface area (Å²) < 4.78 is 28.6. The Morgan fingerprint density at radius 2 is 2.21 bits per heavy atom. The van der Waals surface area contributed by atoms with Crippen molar-refractivity contribution in [2.24, 2.45) is 0 Å². The monoisotopic (exact) mass is 220 g/mol. The minimum absolute atomic E-state index is 0.184. The van der Waals surface area contributed by atoms with Gasteiger partial charge in [-0.1, -0.05) is 0 Å². The Labute approximate surface area is 82.9 Å². The molecule has 0 saturated carbocycles. The first-order valence-corrected chi connectivity index (χ1v) is 5.61. The highest BCUT2D eigenvalue weighted by Crippen LogP contribution is 1.92. The van der Waals surface area contributed by atoms with E-state index in [9.17, 15) is 13.2 Å². The number of nitrogens with zero attached hydrogens (tertiary/aromatic N) is 1. The molecule has 0 aromatic carbocycles. The summed E-state index contributed by atoms with van der Waals surface area (Å²) in [5.74, 6) is -1.33. The van der Waals surface area contributed by atoms with Crippen molar-refractivity contribution in [3.63, 3.8) is 0 Å². The maximum Gasteiger partial charge on any atom is 0.323 e. The van der Waals surface area contributed by atoms with E-state index >= 15 is 0 Å². The van der Waals surface area contributed by atoms with Crippen LogP contribution in [-0.4, -0.2) is 32.8 Å². The molecule has 7 heteroatoms. The molecule has 0 spiro atoms. The van der Waals surface area contributed by atoms with E-state index in [1.807, 2.05) is 4.72 Å². The van der Waals surface area contributed by atoms with Gasteiger partial charge in [0.05, 0.1) is 12.7 Å². The Hall–Kier alpha value is -1.13. The van der Waals surface area contributed by atoms with Crippen LogP contribution in [0.3, 0.4) is 0 Å². The van der Waals surface area contributed by atoms with Crippen LogP contribution in [0.5, 0.6) is 0 Å². The number of nitrogens with one attached hydrogen (secondary N) is 1. The van der Waals surface area contributed by atoms with Gasteiger partial charge in [-0.2, -0.15) is 5.26 Å². The second kappa shape index (κ2) is 5.57. The van der Waals surface area contributed by atoms with Crippen molar-refractivity contribution in [3.8, 4) is 6.07 Å². The van der Waals surface area contributed by atoms with Gasteiger partial charge in [0.2, 0.25) is 10.0 Å². The molecule has 14 heavy (non-hydrogen) atoms. The van der Waals surface area contributed by atoms with Crippen LogP contribution in [0.25, 0.3) is 0 Å². The molecule has 0 rings (SSSR count). The maximum atomic E-state index is 11.0. The van der Waals surface area contributed by atoms with Gasteiger partial charge in [0, 0.05) is 0 Å². The van der Waals surface area contributed by atoms with E-state index in [0.29, 0.717) is 0 Å². The first-order chi connectivity index (χ1) is 6.43. The van der Waals surface area contributed by atoms with E-state index in [0.717, 1.165) is 0 Å². The quantitative estimate of drug-likeness (QED) is 0.623. The van der Waals surface area contributed by atoms with Crippen LogP contribution in [0.2, 0.25) is 0 Å². The normalized spacial score (nSPS) is 12.9. The van der Waals surface area contributed by atoms with E-state index in [-0.39, 0.29) is 6.61 Å². The number of hydrogen-bond acceptors (Lipinski definition) is 5. The Bertz CT molecular complexity index is 330. The van der Waals surface area contributed by atoms with E-state index < -0.39 is 27.8 Å². The second-order valence-electron chi connectivity index (χ2n) is 2.51. The number of hydrogen-bond donors (Lipinski definition) is 1. The fraction of sp³-hybridized carbons (Fsp3) is 0.714. The lowest BCUT2D eigenvalue weighted by Gasteiger charge is -2.10. The zero-order valence-corrected chi connectivity index (χ0v) is 8.80. The van der Waals surface area contributed by atoms with E-state index in [1.165, 1.54) is 13.0 Å². The van der Waals surface area contributed by atoms with E-state index in [4.69, 9.17) is 5.26 Å². The van der Waals surface area contributed by atoms with Gasteiger partial charge in [-0.25, -0.2) is 13.1 Å². The molecule has 1 atom stereocenters. The smallest absolute Gasteiger partial charge is 0.323 e. The molecule has 0 aromatic rings. The molecule has 0 aliphatic heterocycles. The van der Waals surface area contributed by atoms with Gasteiger partial charge in [-0.15, -0.1) is 0 Å². The molecule has 0 aliphatic carbocycles. The number of sulfonamides is 1. The van der Waals surface area contributed by atoms with Gasteiger partial charge < -0.3 is 4.74 Å². The zero-order valence-electron chi connectivity index (χ0n) is 7.98. The number of ether oxygens (including phenoxy) is 1. The molecule has 1 N–H and O–H groups in total. The molecule has 0 heterocycles. The van der Waals surface area contributed by atoms with Crippen molar-refractivity contribution in [2.75, 3.05) is 12.4 Å². The van der Waals surface area contributed by atoms with Crippen molar-refractivity contribution in [1.82, 2.24) is 4.72 Å². The lowest BCUT2D eigenvalue weighted by Crippen LogP contribution is -2.40. The Morgan fingerprint density at radius 3 is 2.64 bits per heavy atom. The first-order valence-electron chi connectivity index (χ1n) is 3.96. The molecule has 0 aliphatic rings. The predicted octanol–water partition coefficient (Wildman–Crippen LogP) is -0.619. The number of esters is 1. The fourth-order valence-corrected chi connectivity index (χ4v) is 1.60. The van der Waals surface area contributed by atoms with Crippen LogP contribution < -0.4 is 4.72 Å². The Morgan fingerprint density at radius 1 is 1.64 bits per heavy atom. The minimum Gasteiger partial charge on any atom is -0.465 e. The Balaban J connectivity index is 4.26. The highest BCUT2D eigenvalue weighted by Gasteiger charge is 2.20. The van der Waals surface area contributed by atoms with Crippen molar-refractivity contribution in [3.05, 3.63) is 0 Å². The third-order valence-electron chi connectivity index (χ3n) is 1.25. The van der Waals surface area contributed by atoms with Crippen LogP contribution in [0.1, 0.15) is 13.8 Å². The zero-order chi connectivity index (χ0) is 11.2. The number of carbonyl (C=O) groups excluding carboxylic acids is 1. The van der Waals surface area contributed by atoms with Crippen LogP contribution in [0, 0.1) is 11.3 Å². The highest BCUT2D eigenvalue weighted by molar-refractivity contribution is 7.89. The average Bonchev–Trinajstić information content (AvgIpc) is 2.03. The third-order valence-corrected chi connectivity index (χ3v) is 2.47. The highest BCUT2D eigenvalue weighted by atomic mass is 32.2. The molecular weight excluding hydrogens is 208 g/mol. The molecule has 0 bridgehead atoms. The first kappa shape index (κ1) is 12.9. The summed E-state index contributed by atoms with van der Waals surface area (Å²) in [4.78, 5) is 11.0. The number of nitriles is 1. The topological polar surface area (TPSA) is 96.3 Å². The number of carbonyl (C=O) groups is 1. The van der Waals surface area contributed by atoms with Crippen molar-refractivity contribution in [1.29, 1.82) is 5.26 Å². The summed E-state index contributed by atoms with van der Waals surface area (Å²) in [6, 6.07) is 0.517. The van der Waals surface area contributed by atoms with Gasteiger partial charge >= 0.3 is 5.97 Å². The van der Waals surface area contributed by atoms with Crippen LogP contribution >= 0.6 is 0 Å². The van der Waals surface area contributed by atoms with Gasteiger partial charge in [0.15, 0.2) is 5.75 Å².